The second-order valence-corrected chi connectivity index (χ2v) is 6.65. The van der Waals surface area contributed by atoms with Gasteiger partial charge >= 0.3 is 0 Å². The Labute approximate surface area is 141 Å². The first-order valence-corrected chi connectivity index (χ1v) is 7.87. The molecule has 0 saturated heterocycles. The van der Waals surface area contributed by atoms with Crippen LogP contribution in [-0.4, -0.2) is 19.5 Å². The molecular weight excluding hydrogens is 304 g/mol. The molecule has 0 amide bonds. The van der Waals surface area contributed by atoms with Gasteiger partial charge in [-0.05, 0) is 29.8 Å². The molecule has 122 valence electrons. The molecule has 0 aromatic heterocycles. The zero-order chi connectivity index (χ0) is 16.7. The maximum absolute atomic E-state index is 5.76. The minimum Gasteiger partial charge on any atom is -0.489 e. The third kappa shape index (κ3) is 2.52. The summed E-state index contributed by atoms with van der Waals surface area (Å²) >= 11 is 0. The van der Waals surface area contributed by atoms with Crippen molar-refractivity contribution >= 4 is 0 Å². The Hall–Kier alpha value is -2.80. The number of ether oxygens (including phenoxy) is 4. The largest absolute Gasteiger partial charge is 0.489 e. The van der Waals surface area contributed by atoms with E-state index in [-0.39, 0.29) is 11.5 Å². The van der Waals surface area contributed by atoms with E-state index in [4.69, 9.17) is 25.4 Å². The van der Waals surface area contributed by atoms with Crippen LogP contribution in [0.5, 0.6) is 23.0 Å². The molecule has 0 N–H and O–H groups in total. The number of hydrogen-bond acceptors (Lipinski definition) is 4. The molecule has 1 atom stereocenters. The van der Waals surface area contributed by atoms with Gasteiger partial charge in [0.15, 0.2) is 29.1 Å². The van der Waals surface area contributed by atoms with Crippen LogP contribution in [0.1, 0.15) is 13.8 Å². The second kappa shape index (κ2) is 5.38. The Morgan fingerprint density at radius 1 is 1.04 bits per heavy atom. The standard InChI is InChI=1S/C13H14O2.C7H4O2/c1-4-12-13(2,3)9-14-10-7-5-6-8-11(10)15-12;1-4-2-6-7(5(1)4)9-3-8-6/h1,5-8,12H,9H2,2-3H3;1-2H,3H2. The van der Waals surface area contributed by atoms with E-state index in [1.165, 1.54) is 11.1 Å². The normalized spacial score (nSPS) is 20.1. The number of rotatable bonds is 0. The second-order valence-electron chi connectivity index (χ2n) is 6.65. The lowest BCUT2D eigenvalue weighted by molar-refractivity contribution is 0.0961. The summed E-state index contributed by atoms with van der Waals surface area (Å²) in [6, 6.07) is 11.7. The molecule has 0 fully saturated rings. The van der Waals surface area contributed by atoms with Crippen molar-refractivity contribution in [1.29, 1.82) is 0 Å². The van der Waals surface area contributed by atoms with E-state index in [2.05, 4.69) is 12.0 Å². The molecule has 0 radical (unpaired) electrons. The molecule has 2 aliphatic heterocycles. The highest BCUT2D eigenvalue weighted by Crippen LogP contribution is 2.53. The van der Waals surface area contributed by atoms with Gasteiger partial charge in [-0.2, -0.15) is 0 Å². The SMILES string of the molecule is C#CC1Oc2ccccc2OCC1(C)C.c1c2cc-2c2c1OCO2. The third-order valence-electron chi connectivity index (χ3n) is 4.26. The highest BCUT2D eigenvalue weighted by atomic mass is 16.7. The van der Waals surface area contributed by atoms with Gasteiger partial charge in [0.1, 0.15) is 0 Å². The van der Waals surface area contributed by atoms with Crippen LogP contribution in [-0.2, 0) is 0 Å². The summed E-state index contributed by atoms with van der Waals surface area (Å²) in [7, 11) is 0. The first-order chi connectivity index (χ1) is 11.6. The van der Waals surface area contributed by atoms with Crippen molar-refractivity contribution in [3.05, 3.63) is 36.4 Å². The molecule has 4 nitrogen and oxygen atoms in total. The van der Waals surface area contributed by atoms with Gasteiger partial charge in [0.25, 0.3) is 0 Å². The van der Waals surface area contributed by atoms with Crippen LogP contribution in [0, 0.1) is 17.8 Å². The quantitative estimate of drug-likeness (QED) is 0.589. The van der Waals surface area contributed by atoms with Gasteiger partial charge in [-0.3, -0.25) is 0 Å². The van der Waals surface area contributed by atoms with Crippen molar-refractivity contribution in [2.75, 3.05) is 13.4 Å². The summed E-state index contributed by atoms with van der Waals surface area (Å²) in [5.74, 6) is 6.04. The minimum absolute atomic E-state index is 0.173. The lowest BCUT2D eigenvalue weighted by atomic mass is 9.88. The number of hydrogen-bond donors (Lipinski definition) is 0. The lowest BCUT2D eigenvalue weighted by Gasteiger charge is -2.26. The van der Waals surface area contributed by atoms with Crippen molar-refractivity contribution in [1.82, 2.24) is 0 Å². The summed E-state index contributed by atoms with van der Waals surface area (Å²) < 4.78 is 21.7. The molecule has 1 unspecified atom stereocenters. The van der Waals surface area contributed by atoms with Gasteiger partial charge in [-0.15, -0.1) is 6.42 Å². The van der Waals surface area contributed by atoms with Crippen LogP contribution in [0.2, 0.25) is 0 Å². The predicted octanol–water partition coefficient (Wildman–Crippen LogP) is 3.88. The highest BCUT2D eigenvalue weighted by Gasteiger charge is 2.34. The van der Waals surface area contributed by atoms with Crippen LogP contribution in [0.15, 0.2) is 36.4 Å². The van der Waals surface area contributed by atoms with Gasteiger partial charge in [-0.1, -0.05) is 31.9 Å². The first-order valence-electron chi connectivity index (χ1n) is 7.87. The van der Waals surface area contributed by atoms with Crippen molar-refractivity contribution in [2.45, 2.75) is 20.0 Å². The summed E-state index contributed by atoms with van der Waals surface area (Å²) in [6.45, 7) is 5.05. The third-order valence-corrected chi connectivity index (χ3v) is 4.26. The van der Waals surface area contributed by atoms with Crippen LogP contribution in [0.25, 0.3) is 11.1 Å². The maximum Gasteiger partial charge on any atom is 0.231 e. The molecule has 2 aliphatic carbocycles. The molecule has 1 aromatic carbocycles. The van der Waals surface area contributed by atoms with Crippen LogP contribution in [0.3, 0.4) is 0 Å². The Balaban J connectivity index is 0.000000136. The van der Waals surface area contributed by atoms with Crippen molar-refractivity contribution in [3.8, 4) is 46.5 Å². The van der Waals surface area contributed by atoms with Gasteiger partial charge < -0.3 is 18.9 Å². The molecule has 2 heterocycles. The smallest absolute Gasteiger partial charge is 0.231 e. The van der Waals surface area contributed by atoms with E-state index in [9.17, 15) is 0 Å². The van der Waals surface area contributed by atoms with E-state index >= 15 is 0 Å². The van der Waals surface area contributed by atoms with Crippen LogP contribution >= 0.6 is 0 Å². The Morgan fingerprint density at radius 2 is 1.83 bits per heavy atom. The lowest BCUT2D eigenvalue weighted by Crippen LogP contribution is -2.36. The Bertz CT molecular complexity index is 832. The van der Waals surface area contributed by atoms with Crippen LogP contribution in [0.4, 0.5) is 0 Å². The van der Waals surface area contributed by atoms with Gasteiger partial charge in [0.2, 0.25) is 6.79 Å². The van der Waals surface area contributed by atoms with Crippen molar-refractivity contribution < 1.29 is 18.9 Å². The monoisotopic (exact) mass is 322 g/mol. The van der Waals surface area contributed by atoms with Crippen molar-refractivity contribution in [3.63, 3.8) is 0 Å². The predicted molar refractivity (Wildman–Crippen MR) is 90.5 cm³/mol. The molecule has 0 bridgehead atoms. The van der Waals surface area contributed by atoms with Gasteiger partial charge in [0, 0.05) is 11.0 Å². The fraction of sp³-hybridized carbons (Fsp3) is 0.300. The average Bonchev–Trinajstić information content (AvgIpc) is 3.06. The fourth-order valence-corrected chi connectivity index (χ4v) is 2.74. The molecular formula is C20H18O4. The summed E-state index contributed by atoms with van der Waals surface area (Å²) in [6.07, 6.45) is 5.23. The van der Waals surface area contributed by atoms with Gasteiger partial charge in [-0.25, -0.2) is 0 Å². The van der Waals surface area contributed by atoms with Crippen molar-refractivity contribution in [2.24, 2.45) is 5.41 Å². The number of para-hydroxylation sites is 2. The van der Waals surface area contributed by atoms with E-state index in [0.717, 1.165) is 23.0 Å². The Morgan fingerprint density at radius 3 is 2.58 bits per heavy atom. The minimum atomic E-state index is -0.249. The Kier molecular flexibility index (Phi) is 3.31. The molecule has 4 aliphatic rings. The summed E-state index contributed by atoms with van der Waals surface area (Å²) in [5, 5.41) is 0. The number of benzene rings is 2. The molecule has 24 heavy (non-hydrogen) atoms. The molecule has 4 heteroatoms. The van der Waals surface area contributed by atoms with Crippen LogP contribution < -0.4 is 18.9 Å². The van der Waals surface area contributed by atoms with Gasteiger partial charge in [0.05, 0.1) is 6.61 Å². The zero-order valence-electron chi connectivity index (χ0n) is 13.7. The summed E-state index contributed by atoms with van der Waals surface area (Å²) in [4.78, 5) is 0. The fourth-order valence-electron chi connectivity index (χ4n) is 2.74. The maximum atomic E-state index is 5.76. The topological polar surface area (TPSA) is 36.9 Å². The van der Waals surface area contributed by atoms with E-state index in [1.807, 2.05) is 44.2 Å². The number of fused-ring (bicyclic) bond motifs is 4. The van der Waals surface area contributed by atoms with E-state index in [1.54, 1.807) is 0 Å². The number of terminal acetylenes is 1. The van der Waals surface area contributed by atoms with E-state index in [0.29, 0.717) is 13.4 Å². The molecule has 1 aromatic rings. The summed E-state index contributed by atoms with van der Waals surface area (Å²) in [5.41, 5.74) is 2.34. The average molecular weight is 322 g/mol. The molecule has 5 rings (SSSR count). The molecule has 0 spiro atoms. The molecule has 0 saturated carbocycles. The first kappa shape index (κ1) is 14.8. The van der Waals surface area contributed by atoms with E-state index < -0.39 is 0 Å². The zero-order valence-corrected chi connectivity index (χ0v) is 13.7. The highest BCUT2D eigenvalue weighted by molar-refractivity contribution is 5.91.